The van der Waals surface area contributed by atoms with Crippen molar-refractivity contribution in [3.8, 4) is 23.7 Å². The summed E-state index contributed by atoms with van der Waals surface area (Å²) in [5, 5.41) is 4.66. The third-order valence-corrected chi connectivity index (χ3v) is 6.24. The maximum Gasteiger partial charge on any atom is 0.0409 e. The second-order valence-electron chi connectivity index (χ2n) is 9.03. The van der Waals surface area contributed by atoms with Crippen LogP contribution < -0.4 is 0 Å². The summed E-state index contributed by atoms with van der Waals surface area (Å²) in [7, 11) is 0. The van der Waals surface area contributed by atoms with Gasteiger partial charge in [-0.15, -0.1) is 0 Å². The van der Waals surface area contributed by atoms with Gasteiger partial charge in [-0.3, -0.25) is 0 Å². The van der Waals surface area contributed by atoms with E-state index in [4.69, 9.17) is 0 Å². The molecule has 0 radical (unpaired) electrons. The molecule has 34 heavy (non-hydrogen) atoms. The van der Waals surface area contributed by atoms with Crippen molar-refractivity contribution in [2.75, 3.05) is 0 Å². The summed E-state index contributed by atoms with van der Waals surface area (Å²) in [4.78, 5) is 0. The van der Waals surface area contributed by atoms with Crippen LogP contribution in [0.5, 0.6) is 0 Å². The van der Waals surface area contributed by atoms with E-state index in [0.717, 1.165) is 38.4 Å². The van der Waals surface area contributed by atoms with E-state index in [2.05, 4.69) is 136 Å². The van der Waals surface area contributed by atoms with Gasteiger partial charge in [0.05, 0.1) is 0 Å². The highest BCUT2D eigenvalue weighted by Crippen LogP contribution is 2.34. The molecule has 5 aromatic carbocycles. The molecule has 0 fully saturated rings. The maximum atomic E-state index is 3.54. The van der Waals surface area contributed by atoms with Gasteiger partial charge in [0.15, 0.2) is 0 Å². The summed E-state index contributed by atoms with van der Waals surface area (Å²) >= 11 is 0. The topological polar surface area (TPSA) is 0 Å². The lowest BCUT2D eigenvalue weighted by Crippen LogP contribution is -1.93. The van der Waals surface area contributed by atoms with Crippen LogP contribution in [-0.4, -0.2) is 0 Å². The van der Waals surface area contributed by atoms with Gasteiger partial charge in [0.2, 0.25) is 0 Å². The van der Waals surface area contributed by atoms with E-state index in [9.17, 15) is 0 Å². The van der Waals surface area contributed by atoms with Gasteiger partial charge in [-0.05, 0) is 79.2 Å². The summed E-state index contributed by atoms with van der Waals surface area (Å²) in [6, 6.07) is 29.8. The molecule has 0 amide bonds. The van der Waals surface area contributed by atoms with Crippen molar-refractivity contribution in [1.82, 2.24) is 0 Å². The number of hydrogen-bond donors (Lipinski definition) is 0. The summed E-state index contributed by atoms with van der Waals surface area (Å²) < 4.78 is 0. The average Bonchev–Trinajstić information content (AvgIpc) is 2.82. The van der Waals surface area contributed by atoms with E-state index < -0.39 is 0 Å². The number of rotatable bonds is 0. The van der Waals surface area contributed by atoms with Crippen molar-refractivity contribution in [1.29, 1.82) is 0 Å². The largest absolute Gasteiger partial charge is 0.0616 e. The smallest absolute Gasteiger partial charge is 0.0409 e. The van der Waals surface area contributed by atoms with Crippen LogP contribution in [0.2, 0.25) is 0 Å². The van der Waals surface area contributed by atoms with E-state index in [0.29, 0.717) is 0 Å². The summed E-state index contributed by atoms with van der Waals surface area (Å²) in [6.07, 6.45) is 0. The van der Waals surface area contributed by atoms with Crippen LogP contribution in [0, 0.1) is 51.4 Å². The molecule has 0 heterocycles. The molecule has 0 atom stereocenters. The van der Waals surface area contributed by atoms with Gasteiger partial charge in [-0.1, -0.05) is 95.5 Å². The lowest BCUT2D eigenvalue weighted by atomic mass is 9.89. The fourth-order valence-electron chi connectivity index (χ4n) is 4.46. The first-order valence-electron chi connectivity index (χ1n) is 11.6. The van der Waals surface area contributed by atoms with Gasteiger partial charge in [0, 0.05) is 27.6 Å². The Morgan fingerprint density at radius 3 is 1.91 bits per heavy atom. The molecule has 0 aromatic heterocycles. The lowest BCUT2D eigenvalue weighted by molar-refractivity contribution is 1.45. The number of benzene rings is 5. The van der Waals surface area contributed by atoms with Gasteiger partial charge < -0.3 is 0 Å². The molecule has 0 nitrogen and oxygen atoms in total. The van der Waals surface area contributed by atoms with Crippen LogP contribution in [0.3, 0.4) is 0 Å². The minimum absolute atomic E-state index is 1.02. The zero-order chi connectivity index (χ0) is 23.7. The van der Waals surface area contributed by atoms with Crippen LogP contribution in [0.1, 0.15) is 44.5 Å². The number of aryl methyl sites for hydroxylation is 4. The van der Waals surface area contributed by atoms with Crippen molar-refractivity contribution in [2.24, 2.45) is 0 Å². The Kier molecular flexibility index (Phi) is 5.67. The highest BCUT2D eigenvalue weighted by Gasteiger charge is 2.14. The van der Waals surface area contributed by atoms with E-state index in [1.54, 1.807) is 0 Å². The fraction of sp³-hybridized carbons (Fsp3) is 0.118. The molecular weight excluding hydrogens is 408 g/mol. The Hall–Kier alpha value is -4.26. The molecule has 5 aromatic rings. The first-order chi connectivity index (χ1) is 16.5. The van der Waals surface area contributed by atoms with E-state index in [1.165, 1.54) is 27.6 Å². The Bertz CT molecular complexity index is 1670. The lowest BCUT2D eigenvalue weighted by Gasteiger charge is -2.13. The standard InChI is InChI=1S/C34H26/c1-23-11-14-27(15-12-23)16-20-32-29-18-13-25(3)22-33(29)30(31-10-6-8-26(4)34(31)32)19-17-28-9-5-7-24(2)21-28/h5-15,18,21-22H,1-4H3. The molecule has 0 bridgehead atoms. The third kappa shape index (κ3) is 4.20. The molecule has 0 aliphatic carbocycles. The highest BCUT2D eigenvalue weighted by atomic mass is 14.2. The van der Waals surface area contributed by atoms with Crippen LogP contribution >= 0.6 is 0 Å². The van der Waals surface area contributed by atoms with Crippen LogP contribution in [0.15, 0.2) is 84.9 Å². The highest BCUT2D eigenvalue weighted by molar-refractivity contribution is 6.11. The van der Waals surface area contributed by atoms with E-state index >= 15 is 0 Å². The van der Waals surface area contributed by atoms with E-state index in [1.807, 2.05) is 0 Å². The predicted octanol–water partition coefficient (Wildman–Crippen LogP) is 8.03. The molecule has 0 heteroatoms. The van der Waals surface area contributed by atoms with Crippen LogP contribution in [0.25, 0.3) is 21.5 Å². The van der Waals surface area contributed by atoms with E-state index in [-0.39, 0.29) is 0 Å². The zero-order valence-corrected chi connectivity index (χ0v) is 20.1. The van der Waals surface area contributed by atoms with Crippen molar-refractivity contribution >= 4 is 21.5 Å². The average molecular weight is 435 g/mol. The molecule has 162 valence electrons. The van der Waals surface area contributed by atoms with Gasteiger partial charge in [0.1, 0.15) is 0 Å². The Labute approximate surface area is 202 Å². The van der Waals surface area contributed by atoms with Gasteiger partial charge in [0.25, 0.3) is 0 Å². The Balaban J connectivity index is 1.83. The normalized spacial score (nSPS) is 10.5. The first kappa shape index (κ1) is 21.6. The van der Waals surface area contributed by atoms with Gasteiger partial charge >= 0.3 is 0 Å². The van der Waals surface area contributed by atoms with Gasteiger partial charge in [-0.25, -0.2) is 0 Å². The molecule has 0 aliphatic heterocycles. The second kappa shape index (κ2) is 8.94. The third-order valence-electron chi connectivity index (χ3n) is 6.24. The van der Waals surface area contributed by atoms with Crippen LogP contribution in [-0.2, 0) is 0 Å². The quantitative estimate of drug-likeness (QED) is 0.171. The summed E-state index contributed by atoms with van der Waals surface area (Å²) in [6.45, 7) is 8.50. The molecule has 0 saturated heterocycles. The SMILES string of the molecule is Cc1ccc(C#Cc2c3ccc(C)cc3c(C#Cc3cccc(C)c3)c3cccc(C)c23)cc1. The molecule has 0 aliphatic rings. The molecule has 0 unspecified atom stereocenters. The molecule has 0 spiro atoms. The number of fused-ring (bicyclic) bond motifs is 2. The van der Waals surface area contributed by atoms with Crippen molar-refractivity contribution < 1.29 is 0 Å². The Morgan fingerprint density at radius 2 is 1.12 bits per heavy atom. The zero-order valence-electron chi connectivity index (χ0n) is 20.1. The minimum atomic E-state index is 1.02. The molecule has 0 saturated carbocycles. The molecule has 5 rings (SSSR count). The summed E-state index contributed by atoms with van der Waals surface area (Å²) in [5.41, 5.74) is 9.09. The predicted molar refractivity (Wildman–Crippen MR) is 145 cm³/mol. The molecule has 0 N–H and O–H groups in total. The van der Waals surface area contributed by atoms with Crippen molar-refractivity contribution in [2.45, 2.75) is 27.7 Å². The molecular formula is C34H26. The number of hydrogen-bond acceptors (Lipinski definition) is 0. The minimum Gasteiger partial charge on any atom is -0.0616 e. The van der Waals surface area contributed by atoms with Crippen molar-refractivity contribution in [3.63, 3.8) is 0 Å². The monoisotopic (exact) mass is 434 g/mol. The first-order valence-corrected chi connectivity index (χ1v) is 11.6. The second-order valence-corrected chi connectivity index (χ2v) is 9.03. The Morgan fingerprint density at radius 1 is 0.441 bits per heavy atom. The fourth-order valence-corrected chi connectivity index (χ4v) is 4.46. The van der Waals surface area contributed by atoms with Gasteiger partial charge in [-0.2, -0.15) is 0 Å². The summed E-state index contributed by atoms with van der Waals surface area (Å²) in [5.74, 6) is 13.9. The van der Waals surface area contributed by atoms with Crippen molar-refractivity contribution in [3.05, 3.63) is 129 Å². The van der Waals surface area contributed by atoms with Crippen LogP contribution in [0.4, 0.5) is 0 Å². The maximum absolute atomic E-state index is 3.54.